The first-order valence-electron chi connectivity index (χ1n) is 5.78. The maximum Gasteiger partial charge on any atom is 0.251 e. The van der Waals surface area contributed by atoms with Gasteiger partial charge in [0.05, 0.1) is 0 Å². The Bertz CT molecular complexity index is 548. The molecule has 0 aromatic heterocycles. The van der Waals surface area contributed by atoms with Crippen LogP contribution in [0.1, 0.15) is 27.4 Å². The van der Waals surface area contributed by atoms with Crippen LogP contribution in [-0.2, 0) is 0 Å². The highest BCUT2D eigenvalue weighted by molar-refractivity contribution is 5.97. The summed E-state index contributed by atoms with van der Waals surface area (Å²) in [6.07, 6.45) is 0. The first-order valence-corrected chi connectivity index (χ1v) is 5.78. The van der Waals surface area contributed by atoms with Crippen LogP contribution in [0.5, 0.6) is 0 Å². The molecule has 0 radical (unpaired) electrons. The molecule has 0 fully saturated rings. The zero-order valence-electron chi connectivity index (χ0n) is 9.39. The average molecular weight is 223 g/mol. The summed E-state index contributed by atoms with van der Waals surface area (Å²) in [6, 6.07) is 18.1. The lowest BCUT2D eigenvalue weighted by Crippen LogP contribution is -2.35. The van der Waals surface area contributed by atoms with E-state index < -0.39 is 0 Å². The first kappa shape index (κ1) is 10.1. The number of hydrogen-bond acceptors (Lipinski definition) is 1. The summed E-state index contributed by atoms with van der Waals surface area (Å²) in [5.41, 5.74) is 3.18. The van der Waals surface area contributed by atoms with E-state index in [-0.39, 0.29) is 11.8 Å². The van der Waals surface area contributed by atoms with Gasteiger partial charge in [-0.15, -0.1) is 0 Å². The van der Waals surface area contributed by atoms with Gasteiger partial charge in [-0.2, -0.15) is 0 Å². The summed E-state index contributed by atoms with van der Waals surface area (Å²) in [5.74, 6) is 0.304. The normalized spacial score (nSPS) is 18.4. The number of amides is 1. The van der Waals surface area contributed by atoms with Crippen LogP contribution in [0.2, 0.25) is 0 Å². The Morgan fingerprint density at radius 1 is 0.941 bits per heavy atom. The molecule has 2 aromatic rings. The Morgan fingerprint density at radius 3 is 2.47 bits per heavy atom. The number of benzene rings is 2. The summed E-state index contributed by atoms with van der Waals surface area (Å²) >= 11 is 0. The van der Waals surface area contributed by atoms with Gasteiger partial charge >= 0.3 is 0 Å². The van der Waals surface area contributed by atoms with E-state index in [0.29, 0.717) is 6.54 Å². The molecular formula is C15H13NO. The lowest BCUT2D eigenvalue weighted by atomic mass is 9.85. The second kappa shape index (κ2) is 4.06. The van der Waals surface area contributed by atoms with Crippen LogP contribution >= 0.6 is 0 Å². The zero-order valence-corrected chi connectivity index (χ0v) is 9.39. The molecule has 2 nitrogen and oxygen atoms in total. The molecule has 1 aliphatic rings. The summed E-state index contributed by atoms with van der Waals surface area (Å²) in [6.45, 7) is 0.680. The topological polar surface area (TPSA) is 29.1 Å². The Kier molecular flexibility index (Phi) is 2.41. The minimum absolute atomic E-state index is 0.0350. The fraction of sp³-hybridized carbons (Fsp3) is 0.133. The largest absolute Gasteiger partial charge is 0.351 e. The highest BCUT2D eigenvalue weighted by atomic mass is 16.1. The van der Waals surface area contributed by atoms with Gasteiger partial charge in [-0.3, -0.25) is 4.79 Å². The predicted molar refractivity (Wildman–Crippen MR) is 67.1 cm³/mol. The Morgan fingerprint density at radius 2 is 1.65 bits per heavy atom. The van der Waals surface area contributed by atoms with E-state index in [9.17, 15) is 4.79 Å². The van der Waals surface area contributed by atoms with E-state index >= 15 is 0 Å². The van der Waals surface area contributed by atoms with Crippen molar-refractivity contribution in [3.63, 3.8) is 0 Å². The van der Waals surface area contributed by atoms with Gasteiger partial charge in [-0.25, -0.2) is 0 Å². The van der Waals surface area contributed by atoms with Gasteiger partial charge in [0.1, 0.15) is 0 Å². The van der Waals surface area contributed by atoms with E-state index in [1.54, 1.807) is 0 Å². The molecule has 0 spiro atoms. The molecule has 0 unspecified atom stereocenters. The molecule has 0 bridgehead atoms. The summed E-state index contributed by atoms with van der Waals surface area (Å²) in [5, 5.41) is 2.95. The van der Waals surface area contributed by atoms with Crippen LogP contribution in [0.15, 0.2) is 54.6 Å². The van der Waals surface area contributed by atoms with E-state index in [1.165, 1.54) is 5.56 Å². The minimum atomic E-state index is 0.0350. The molecule has 2 aromatic carbocycles. The van der Waals surface area contributed by atoms with Crippen LogP contribution < -0.4 is 5.32 Å². The minimum Gasteiger partial charge on any atom is -0.351 e. The van der Waals surface area contributed by atoms with Gasteiger partial charge in [-0.05, 0) is 17.2 Å². The molecule has 1 heterocycles. The van der Waals surface area contributed by atoms with E-state index in [2.05, 4.69) is 17.4 Å². The third-order valence-corrected chi connectivity index (χ3v) is 3.25. The van der Waals surface area contributed by atoms with Gasteiger partial charge in [0.2, 0.25) is 0 Å². The van der Waals surface area contributed by atoms with Crippen molar-refractivity contribution >= 4 is 5.91 Å². The molecule has 1 atom stereocenters. The Labute approximate surface area is 100 Å². The monoisotopic (exact) mass is 223 g/mol. The molecule has 1 aliphatic heterocycles. The van der Waals surface area contributed by atoms with Crippen molar-refractivity contribution in [2.75, 3.05) is 6.54 Å². The van der Waals surface area contributed by atoms with Crippen molar-refractivity contribution in [1.29, 1.82) is 0 Å². The van der Waals surface area contributed by atoms with Gasteiger partial charge in [0, 0.05) is 18.0 Å². The molecule has 17 heavy (non-hydrogen) atoms. The third-order valence-electron chi connectivity index (χ3n) is 3.25. The molecule has 0 saturated carbocycles. The SMILES string of the molecule is O=C1NC[C@H](c2ccccc2)c2ccccc21. The van der Waals surface area contributed by atoms with Crippen molar-refractivity contribution in [3.8, 4) is 0 Å². The van der Waals surface area contributed by atoms with Crippen LogP contribution in [-0.4, -0.2) is 12.5 Å². The first-order chi connectivity index (χ1) is 8.36. The second-order valence-electron chi connectivity index (χ2n) is 4.26. The molecule has 0 aliphatic carbocycles. The smallest absolute Gasteiger partial charge is 0.251 e. The van der Waals surface area contributed by atoms with Crippen LogP contribution in [0, 0.1) is 0 Å². The third kappa shape index (κ3) is 1.72. The molecule has 1 N–H and O–H groups in total. The van der Waals surface area contributed by atoms with Gasteiger partial charge < -0.3 is 5.32 Å². The molecule has 84 valence electrons. The zero-order chi connectivity index (χ0) is 11.7. The number of carbonyl (C=O) groups is 1. The fourth-order valence-electron chi connectivity index (χ4n) is 2.39. The van der Waals surface area contributed by atoms with Crippen molar-refractivity contribution in [3.05, 3.63) is 71.3 Å². The van der Waals surface area contributed by atoms with Gasteiger partial charge in [0.25, 0.3) is 5.91 Å². The summed E-state index contributed by atoms with van der Waals surface area (Å²) in [7, 11) is 0. The average Bonchev–Trinajstić information content (AvgIpc) is 2.41. The number of nitrogens with one attached hydrogen (secondary N) is 1. The Balaban J connectivity index is 2.10. The summed E-state index contributed by atoms with van der Waals surface area (Å²) in [4.78, 5) is 11.8. The van der Waals surface area contributed by atoms with Gasteiger partial charge in [-0.1, -0.05) is 48.5 Å². The van der Waals surface area contributed by atoms with E-state index in [0.717, 1.165) is 11.1 Å². The second-order valence-corrected chi connectivity index (χ2v) is 4.26. The maximum atomic E-state index is 11.8. The quantitative estimate of drug-likeness (QED) is 0.791. The van der Waals surface area contributed by atoms with Crippen molar-refractivity contribution in [1.82, 2.24) is 5.32 Å². The molecule has 0 saturated heterocycles. The number of hydrogen-bond donors (Lipinski definition) is 1. The van der Waals surface area contributed by atoms with E-state index in [4.69, 9.17) is 0 Å². The van der Waals surface area contributed by atoms with Gasteiger partial charge in [0.15, 0.2) is 0 Å². The van der Waals surface area contributed by atoms with Crippen LogP contribution in [0.3, 0.4) is 0 Å². The van der Waals surface area contributed by atoms with Crippen LogP contribution in [0.4, 0.5) is 0 Å². The molecular weight excluding hydrogens is 210 g/mol. The molecule has 3 rings (SSSR count). The Hall–Kier alpha value is -2.09. The number of rotatable bonds is 1. The van der Waals surface area contributed by atoms with Crippen molar-refractivity contribution in [2.24, 2.45) is 0 Å². The highest BCUT2D eigenvalue weighted by Crippen LogP contribution is 2.29. The number of carbonyl (C=O) groups excluding carboxylic acids is 1. The standard InChI is InChI=1S/C15H13NO/c17-15-13-9-5-4-8-12(13)14(10-16-15)11-6-2-1-3-7-11/h1-9,14H,10H2,(H,16,17)/t14-/m1/s1. The van der Waals surface area contributed by atoms with Crippen LogP contribution in [0.25, 0.3) is 0 Å². The summed E-state index contributed by atoms with van der Waals surface area (Å²) < 4.78 is 0. The highest BCUT2D eigenvalue weighted by Gasteiger charge is 2.25. The molecule has 2 heteroatoms. The maximum absolute atomic E-state index is 11.8. The predicted octanol–water partition coefficient (Wildman–Crippen LogP) is 2.56. The lowest BCUT2D eigenvalue weighted by molar-refractivity contribution is 0.0943. The van der Waals surface area contributed by atoms with Crippen molar-refractivity contribution in [2.45, 2.75) is 5.92 Å². The number of fused-ring (bicyclic) bond motifs is 1. The van der Waals surface area contributed by atoms with Crippen molar-refractivity contribution < 1.29 is 4.79 Å². The lowest BCUT2D eigenvalue weighted by Gasteiger charge is -2.26. The molecule has 1 amide bonds. The fourth-order valence-corrected chi connectivity index (χ4v) is 2.39. The van der Waals surface area contributed by atoms with E-state index in [1.807, 2.05) is 42.5 Å².